The SMILES string of the molecule is COCCOCCOCCNCC1(CO)CCCC1. The van der Waals surface area contributed by atoms with Gasteiger partial charge in [-0.25, -0.2) is 0 Å². The van der Waals surface area contributed by atoms with Crippen molar-refractivity contribution in [3.63, 3.8) is 0 Å². The molecular formula is C14H29NO4. The van der Waals surface area contributed by atoms with Crippen molar-refractivity contribution in [1.29, 1.82) is 0 Å². The van der Waals surface area contributed by atoms with Crippen LogP contribution in [0, 0.1) is 5.41 Å². The molecule has 5 nitrogen and oxygen atoms in total. The molecule has 1 aliphatic rings. The smallest absolute Gasteiger partial charge is 0.0701 e. The molecule has 0 unspecified atom stereocenters. The largest absolute Gasteiger partial charge is 0.396 e. The molecule has 0 bridgehead atoms. The number of ether oxygens (including phenoxy) is 3. The van der Waals surface area contributed by atoms with E-state index in [9.17, 15) is 5.11 Å². The lowest BCUT2D eigenvalue weighted by Gasteiger charge is -2.26. The maximum absolute atomic E-state index is 9.46. The predicted octanol–water partition coefficient (Wildman–Crippen LogP) is 0.808. The van der Waals surface area contributed by atoms with Crippen molar-refractivity contribution in [3.8, 4) is 0 Å². The van der Waals surface area contributed by atoms with Gasteiger partial charge in [-0.3, -0.25) is 0 Å². The number of methoxy groups -OCH3 is 1. The number of hydrogen-bond donors (Lipinski definition) is 2. The Balaban J connectivity index is 1.85. The van der Waals surface area contributed by atoms with Crippen molar-refractivity contribution >= 4 is 0 Å². The maximum atomic E-state index is 9.46. The molecular weight excluding hydrogens is 246 g/mol. The Labute approximate surface area is 116 Å². The highest BCUT2D eigenvalue weighted by Gasteiger charge is 2.32. The molecule has 0 aromatic heterocycles. The van der Waals surface area contributed by atoms with Gasteiger partial charge in [0.15, 0.2) is 0 Å². The summed E-state index contributed by atoms with van der Waals surface area (Å²) in [4.78, 5) is 0. The number of aliphatic hydroxyl groups excluding tert-OH is 1. The fourth-order valence-corrected chi connectivity index (χ4v) is 2.48. The van der Waals surface area contributed by atoms with Crippen LogP contribution < -0.4 is 5.32 Å². The Morgan fingerprint density at radius 1 is 1.00 bits per heavy atom. The Morgan fingerprint density at radius 2 is 1.63 bits per heavy atom. The second-order valence-electron chi connectivity index (χ2n) is 5.26. The zero-order valence-corrected chi connectivity index (χ0v) is 12.2. The fourth-order valence-electron chi connectivity index (χ4n) is 2.48. The molecule has 2 N–H and O–H groups in total. The van der Waals surface area contributed by atoms with Crippen LogP contribution in [0.5, 0.6) is 0 Å². The normalized spacial score (nSPS) is 18.0. The van der Waals surface area contributed by atoms with Crippen molar-refractivity contribution in [2.75, 3.05) is 59.8 Å². The summed E-state index contributed by atoms with van der Waals surface area (Å²) in [5.74, 6) is 0. The van der Waals surface area contributed by atoms with Gasteiger partial charge in [0.05, 0.1) is 33.0 Å². The minimum Gasteiger partial charge on any atom is -0.396 e. The molecule has 0 aromatic rings. The number of aliphatic hydroxyl groups is 1. The second kappa shape index (κ2) is 10.6. The van der Waals surface area contributed by atoms with Crippen molar-refractivity contribution in [3.05, 3.63) is 0 Å². The number of rotatable bonds is 12. The van der Waals surface area contributed by atoms with Gasteiger partial charge in [0, 0.05) is 32.2 Å². The van der Waals surface area contributed by atoms with Crippen molar-refractivity contribution in [2.24, 2.45) is 5.41 Å². The summed E-state index contributed by atoms with van der Waals surface area (Å²) in [5, 5.41) is 12.8. The molecule has 1 rings (SSSR count). The van der Waals surface area contributed by atoms with Gasteiger partial charge in [0.1, 0.15) is 0 Å². The quantitative estimate of drug-likeness (QED) is 0.516. The summed E-state index contributed by atoms with van der Waals surface area (Å²) in [6.07, 6.45) is 4.78. The van der Waals surface area contributed by atoms with Gasteiger partial charge < -0.3 is 24.6 Å². The van der Waals surface area contributed by atoms with Gasteiger partial charge in [0.2, 0.25) is 0 Å². The van der Waals surface area contributed by atoms with Crippen molar-refractivity contribution < 1.29 is 19.3 Å². The molecule has 19 heavy (non-hydrogen) atoms. The first-order valence-corrected chi connectivity index (χ1v) is 7.29. The van der Waals surface area contributed by atoms with Crippen LogP contribution in [-0.2, 0) is 14.2 Å². The molecule has 0 amide bonds. The third-order valence-corrected chi connectivity index (χ3v) is 3.73. The van der Waals surface area contributed by atoms with Crippen LogP contribution in [0.1, 0.15) is 25.7 Å². The van der Waals surface area contributed by atoms with Gasteiger partial charge in [-0.15, -0.1) is 0 Å². The van der Waals surface area contributed by atoms with E-state index in [4.69, 9.17) is 14.2 Å². The highest BCUT2D eigenvalue weighted by atomic mass is 16.5. The van der Waals surface area contributed by atoms with Gasteiger partial charge in [-0.1, -0.05) is 12.8 Å². The molecule has 1 aliphatic carbocycles. The predicted molar refractivity (Wildman–Crippen MR) is 74.4 cm³/mol. The van der Waals surface area contributed by atoms with E-state index in [2.05, 4.69) is 5.32 Å². The lowest BCUT2D eigenvalue weighted by molar-refractivity contribution is 0.0248. The molecule has 0 saturated heterocycles. The zero-order chi connectivity index (χ0) is 13.8. The molecule has 1 saturated carbocycles. The first kappa shape index (κ1) is 16.9. The van der Waals surface area contributed by atoms with E-state index in [1.807, 2.05) is 0 Å². The zero-order valence-electron chi connectivity index (χ0n) is 12.2. The maximum Gasteiger partial charge on any atom is 0.0701 e. The van der Waals surface area contributed by atoms with Gasteiger partial charge in [0.25, 0.3) is 0 Å². The molecule has 0 atom stereocenters. The Bertz CT molecular complexity index is 208. The molecule has 1 fully saturated rings. The molecule has 0 spiro atoms. The van der Waals surface area contributed by atoms with Crippen LogP contribution >= 0.6 is 0 Å². The van der Waals surface area contributed by atoms with Crippen LogP contribution in [0.25, 0.3) is 0 Å². The Kier molecular flexibility index (Phi) is 9.38. The van der Waals surface area contributed by atoms with E-state index in [1.165, 1.54) is 12.8 Å². The molecule has 5 heteroatoms. The summed E-state index contributed by atoms with van der Waals surface area (Å²) in [6, 6.07) is 0. The summed E-state index contributed by atoms with van der Waals surface area (Å²) in [5.41, 5.74) is 0.128. The summed E-state index contributed by atoms with van der Waals surface area (Å²) in [7, 11) is 1.66. The minimum atomic E-state index is 0.128. The van der Waals surface area contributed by atoms with Crippen molar-refractivity contribution in [1.82, 2.24) is 5.32 Å². The van der Waals surface area contributed by atoms with Crippen LogP contribution in [0.2, 0.25) is 0 Å². The van der Waals surface area contributed by atoms with Crippen LogP contribution in [-0.4, -0.2) is 64.9 Å². The fraction of sp³-hybridized carbons (Fsp3) is 1.00. The van der Waals surface area contributed by atoms with Crippen LogP contribution in [0.4, 0.5) is 0 Å². The standard InChI is InChI=1S/C14H29NO4/c1-17-8-9-19-11-10-18-7-6-15-12-14(13-16)4-2-3-5-14/h15-16H,2-13H2,1H3. The van der Waals surface area contributed by atoms with Gasteiger partial charge in [-0.05, 0) is 12.8 Å². The Hall–Kier alpha value is -0.200. The molecule has 0 radical (unpaired) electrons. The summed E-state index contributed by atoms with van der Waals surface area (Å²) < 4.78 is 15.6. The van der Waals surface area contributed by atoms with Gasteiger partial charge >= 0.3 is 0 Å². The number of nitrogens with one attached hydrogen (secondary N) is 1. The van der Waals surface area contributed by atoms with Crippen LogP contribution in [0.3, 0.4) is 0 Å². The molecule has 0 aromatic carbocycles. The van der Waals surface area contributed by atoms with E-state index in [0.717, 1.165) is 25.9 Å². The highest BCUT2D eigenvalue weighted by molar-refractivity contribution is 4.85. The summed E-state index contributed by atoms with van der Waals surface area (Å²) in [6.45, 7) is 5.21. The number of hydrogen-bond acceptors (Lipinski definition) is 5. The first-order chi connectivity index (χ1) is 9.33. The third kappa shape index (κ3) is 7.22. The first-order valence-electron chi connectivity index (χ1n) is 7.29. The van der Waals surface area contributed by atoms with E-state index in [0.29, 0.717) is 39.6 Å². The third-order valence-electron chi connectivity index (χ3n) is 3.73. The summed E-state index contributed by atoms with van der Waals surface area (Å²) >= 11 is 0. The van der Waals surface area contributed by atoms with E-state index in [1.54, 1.807) is 7.11 Å². The lowest BCUT2D eigenvalue weighted by Crippen LogP contribution is -2.36. The minimum absolute atomic E-state index is 0.128. The van der Waals surface area contributed by atoms with E-state index < -0.39 is 0 Å². The highest BCUT2D eigenvalue weighted by Crippen LogP contribution is 2.36. The van der Waals surface area contributed by atoms with Gasteiger partial charge in [-0.2, -0.15) is 0 Å². The monoisotopic (exact) mass is 275 g/mol. The Morgan fingerprint density at radius 3 is 2.26 bits per heavy atom. The average Bonchev–Trinajstić information content (AvgIpc) is 2.90. The van der Waals surface area contributed by atoms with E-state index >= 15 is 0 Å². The van der Waals surface area contributed by atoms with Crippen LogP contribution in [0.15, 0.2) is 0 Å². The van der Waals surface area contributed by atoms with E-state index in [-0.39, 0.29) is 5.41 Å². The molecule has 0 heterocycles. The molecule has 114 valence electrons. The second-order valence-corrected chi connectivity index (χ2v) is 5.26. The lowest BCUT2D eigenvalue weighted by atomic mass is 9.87. The average molecular weight is 275 g/mol. The van der Waals surface area contributed by atoms with Crippen molar-refractivity contribution in [2.45, 2.75) is 25.7 Å². The topological polar surface area (TPSA) is 60.0 Å². The molecule has 0 aliphatic heterocycles.